The van der Waals surface area contributed by atoms with Gasteiger partial charge in [0.05, 0.1) is 19.1 Å². The predicted molar refractivity (Wildman–Crippen MR) is 131 cm³/mol. The lowest BCUT2D eigenvalue weighted by Gasteiger charge is -2.23. The maximum Gasteiger partial charge on any atom is 0.326 e. The molecule has 2 rings (SSSR count). The minimum atomic E-state index is -1.11. The zero-order valence-corrected chi connectivity index (χ0v) is 20.9. The summed E-state index contributed by atoms with van der Waals surface area (Å²) in [5.41, 5.74) is 0. The predicted octanol–water partition coefficient (Wildman–Crippen LogP) is -3.12. The number of likely N-dealkylation sites (tertiary alicyclic amines) is 1. The molecule has 0 aromatic heterocycles. The Morgan fingerprint density at radius 2 is 1.60 bits per heavy atom. The maximum atomic E-state index is 12.6. The van der Waals surface area contributed by atoms with Crippen molar-refractivity contribution >= 4 is 60.8 Å². The molecule has 4 unspecified atom stereocenters. The van der Waals surface area contributed by atoms with E-state index in [0.29, 0.717) is 25.8 Å². The van der Waals surface area contributed by atoms with Gasteiger partial charge >= 0.3 is 5.97 Å². The monoisotopic (exact) mass is 532 g/mol. The molecule has 0 aromatic rings. The molecule has 2 heterocycles. The Morgan fingerprint density at radius 1 is 0.914 bits per heavy atom. The lowest BCUT2D eigenvalue weighted by atomic mass is 10.2. The second-order valence-electron chi connectivity index (χ2n) is 8.21. The Balaban J connectivity index is 1.79. The van der Waals surface area contributed by atoms with E-state index in [1.165, 1.54) is 4.90 Å². The highest BCUT2D eigenvalue weighted by Crippen LogP contribution is 2.17. The molecule has 2 saturated heterocycles. The van der Waals surface area contributed by atoms with Crippen LogP contribution in [0.3, 0.4) is 0 Å². The molecule has 2 fully saturated rings. The van der Waals surface area contributed by atoms with E-state index in [0.717, 1.165) is 13.0 Å². The average Bonchev–Trinajstić information content (AvgIpc) is 3.55. The Labute approximate surface area is 213 Å². The lowest BCUT2D eigenvalue weighted by Crippen LogP contribution is -2.57. The molecule has 4 atom stereocenters. The molecule has 0 radical (unpaired) electrons. The number of nitrogens with one attached hydrogen (secondary N) is 5. The number of hydrogen-bond acceptors (Lipinski definition) is 9. The van der Waals surface area contributed by atoms with Crippen molar-refractivity contribution in [2.24, 2.45) is 0 Å². The third kappa shape index (κ3) is 8.58. The van der Waals surface area contributed by atoms with Gasteiger partial charge in [0.15, 0.2) is 0 Å². The van der Waals surface area contributed by atoms with Crippen molar-refractivity contribution in [2.75, 3.05) is 37.7 Å². The highest BCUT2D eigenvalue weighted by molar-refractivity contribution is 7.80. The number of carboxylic acid groups (broad SMARTS) is 1. The summed E-state index contributed by atoms with van der Waals surface area (Å²) in [6.45, 7) is 0.284. The standard InChI is InChI=1S/C20H32N6O7S2/c27-15(7-22-17(29)11-3-1-5-21-11)24-13(10-35)19(31)25-12(9-34)18(30)23-8-16(28)26-6-2-4-14(26)20(32)33/h11-14,21,34-35H,1-10H2,(H,22,29)(H,23,30)(H,24,27)(H,25,31)(H,32,33). The smallest absolute Gasteiger partial charge is 0.326 e. The van der Waals surface area contributed by atoms with Crippen molar-refractivity contribution in [2.45, 2.75) is 49.9 Å². The van der Waals surface area contributed by atoms with Crippen LogP contribution < -0.4 is 26.6 Å². The van der Waals surface area contributed by atoms with Gasteiger partial charge in [-0.3, -0.25) is 24.0 Å². The van der Waals surface area contributed by atoms with Crippen LogP contribution in [-0.2, 0) is 28.8 Å². The van der Waals surface area contributed by atoms with Gasteiger partial charge in [-0.05, 0) is 32.2 Å². The first-order chi connectivity index (χ1) is 16.7. The van der Waals surface area contributed by atoms with Crippen molar-refractivity contribution in [1.82, 2.24) is 31.5 Å². The number of thiol groups is 2. The van der Waals surface area contributed by atoms with E-state index in [1.807, 2.05) is 0 Å². The summed E-state index contributed by atoms with van der Waals surface area (Å²) in [6.07, 6.45) is 2.47. The number of aliphatic carboxylic acids is 1. The number of carbonyl (C=O) groups is 6. The first-order valence-corrected chi connectivity index (χ1v) is 12.6. The van der Waals surface area contributed by atoms with Crippen LogP contribution in [0.15, 0.2) is 0 Å². The topological polar surface area (TPSA) is 186 Å². The molecule has 0 aromatic carbocycles. The second kappa shape index (κ2) is 14.1. The van der Waals surface area contributed by atoms with Crippen LogP contribution in [0.2, 0.25) is 0 Å². The van der Waals surface area contributed by atoms with E-state index in [4.69, 9.17) is 0 Å². The number of hydrogen-bond donors (Lipinski definition) is 8. The van der Waals surface area contributed by atoms with Crippen molar-refractivity contribution in [3.63, 3.8) is 0 Å². The largest absolute Gasteiger partial charge is 0.480 e. The highest BCUT2D eigenvalue weighted by Gasteiger charge is 2.34. The Kier molecular flexibility index (Phi) is 11.6. The summed E-state index contributed by atoms with van der Waals surface area (Å²) >= 11 is 8.13. The van der Waals surface area contributed by atoms with Crippen LogP contribution in [0, 0.1) is 0 Å². The number of carbonyl (C=O) groups excluding carboxylic acids is 5. The van der Waals surface area contributed by atoms with Crippen LogP contribution in [0.5, 0.6) is 0 Å². The summed E-state index contributed by atoms with van der Waals surface area (Å²) in [4.78, 5) is 73.9. The highest BCUT2D eigenvalue weighted by atomic mass is 32.1. The van der Waals surface area contributed by atoms with Crippen molar-refractivity contribution < 1.29 is 33.9 Å². The molecule has 13 nitrogen and oxygen atoms in total. The zero-order chi connectivity index (χ0) is 26.0. The quantitative estimate of drug-likeness (QED) is 0.121. The van der Waals surface area contributed by atoms with Gasteiger partial charge in [-0.25, -0.2) is 4.79 Å². The molecule has 35 heavy (non-hydrogen) atoms. The van der Waals surface area contributed by atoms with E-state index in [9.17, 15) is 33.9 Å². The molecular formula is C20H32N6O7S2. The molecule has 2 aliphatic rings. The van der Waals surface area contributed by atoms with Gasteiger partial charge in [0.1, 0.15) is 18.1 Å². The Morgan fingerprint density at radius 3 is 2.20 bits per heavy atom. The van der Waals surface area contributed by atoms with E-state index in [-0.39, 0.29) is 30.0 Å². The van der Waals surface area contributed by atoms with Crippen LogP contribution in [0.25, 0.3) is 0 Å². The lowest BCUT2D eigenvalue weighted by molar-refractivity contribution is -0.148. The van der Waals surface area contributed by atoms with Gasteiger partial charge in [-0.15, -0.1) is 0 Å². The van der Waals surface area contributed by atoms with Crippen LogP contribution in [0.1, 0.15) is 25.7 Å². The third-order valence-electron chi connectivity index (χ3n) is 5.72. The molecule has 0 spiro atoms. The molecule has 0 saturated carbocycles. The normalized spacial score (nSPS) is 21.0. The van der Waals surface area contributed by atoms with Crippen molar-refractivity contribution in [1.29, 1.82) is 0 Å². The first kappa shape index (κ1) is 28.7. The number of nitrogens with zero attached hydrogens (tertiary/aromatic N) is 1. The minimum Gasteiger partial charge on any atom is -0.480 e. The van der Waals surface area contributed by atoms with Gasteiger partial charge in [0.2, 0.25) is 29.5 Å². The van der Waals surface area contributed by atoms with Crippen LogP contribution in [0.4, 0.5) is 0 Å². The van der Waals surface area contributed by atoms with Gasteiger partial charge < -0.3 is 36.6 Å². The molecule has 2 aliphatic heterocycles. The van der Waals surface area contributed by atoms with E-state index >= 15 is 0 Å². The summed E-state index contributed by atoms with van der Waals surface area (Å²) < 4.78 is 0. The summed E-state index contributed by atoms with van der Waals surface area (Å²) in [5, 5.41) is 22.0. The molecule has 15 heteroatoms. The Bertz CT molecular complexity index is 824. The van der Waals surface area contributed by atoms with Crippen LogP contribution in [-0.4, -0.2) is 107 Å². The number of amides is 5. The van der Waals surface area contributed by atoms with Crippen LogP contribution >= 0.6 is 25.3 Å². The molecule has 196 valence electrons. The fourth-order valence-corrected chi connectivity index (χ4v) is 4.33. The van der Waals surface area contributed by atoms with E-state index < -0.39 is 54.3 Å². The summed E-state index contributed by atoms with van der Waals surface area (Å²) in [5.74, 6) is -4.07. The maximum absolute atomic E-state index is 12.6. The minimum absolute atomic E-state index is 0.0688. The van der Waals surface area contributed by atoms with Crippen molar-refractivity contribution in [3.8, 4) is 0 Å². The van der Waals surface area contributed by atoms with E-state index in [1.54, 1.807) is 0 Å². The SMILES string of the molecule is O=C(CNC(=O)C1CCCN1)NC(CS)C(=O)NC(CS)C(=O)NCC(=O)N1CCCC1C(=O)O. The van der Waals surface area contributed by atoms with Gasteiger partial charge in [0.25, 0.3) is 0 Å². The third-order valence-corrected chi connectivity index (χ3v) is 6.45. The number of rotatable bonds is 12. The molecule has 5 amide bonds. The molecular weight excluding hydrogens is 500 g/mol. The van der Waals surface area contributed by atoms with Crippen molar-refractivity contribution in [3.05, 3.63) is 0 Å². The summed E-state index contributed by atoms with van der Waals surface area (Å²) in [7, 11) is 0. The zero-order valence-electron chi connectivity index (χ0n) is 19.1. The molecule has 0 aliphatic carbocycles. The van der Waals surface area contributed by atoms with Gasteiger partial charge in [-0.1, -0.05) is 0 Å². The first-order valence-electron chi connectivity index (χ1n) is 11.3. The fraction of sp³-hybridized carbons (Fsp3) is 0.700. The van der Waals surface area contributed by atoms with Gasteiger partial charge in [0, 0.05) is 18.1 Å². The second-order valence-corrected chi connectivity index (χ2v) is 8.94. The summed E-state index contributed by atoms with van der Waals surface area (Å²) in [6, 6.07) is -3.45. The average molecular weight is 533 g/mol. The Hall–Kier alpha value is -2.52. The fourth-order valence-electron chi connectivity index (χ4n) is 3.81. The molecule has 6 N–H and O–H groups in total. The molecule has 0 bridgehead atoms. The van der Waals surface area contributed by atoms with Gasteiger partial charge in [-0.2, -0.15) is 25.3 Å². The van der Waals surface area contributed by atoms with E-state index in [2.05, 4.69) is 51.8 Å². The number of carboxylic acids is 1.